The van der Waals surface area contributed by atoms with E-state index in [2.05, 4.69) is 0 Å². The zero-order valence-electron chi connectivity index (χ0n) is 11.4. The van der Waals surface area contributed by atoms with Gasteiger partial charge in [0, 0.05) is 13.1 Å². The monoisotopic (exact) mass is 317 g/mol. The van der Waals surface area contributed by atoms with Crippen LogP contribution in [0, 0.1) is 5.41 Å². The Bertz CT molecular complexity index is 557. The SMILES string of the molecule is CCCC1(C(=O)O)CCN(S(=O)(=O)c2cccs2)CC1. The maximum Gasteiger partial charge on any atom is 0.309 e. The lowest BCUT2D eigenvalue weighted by Crippen LogP contribution is -2.46. The second-order valence-corrected chi connectivity index (χ2v) is 8.28. The summed E-state index contributed by atoms with van der Waals surface area (Å²) in [6, 6.07) is 3.30. The summed E-state index contributed by atoms with van der Waals surface area (Å²) in [5.74, 6) is -0.799. The Balaban J connectivity index is 2.13. The molecular formula is C13H19NO4S2. The van der Waals surface area contributed by atoms with E-state index in [-0.39, 0.29) is 13.1 Å². The summed E-state index contributed by atoms with van der Waals surface area (Å²) >= 11 is 1.19. The number of sulfonamides is 1. The summed E-state index contributed by atoms with van der Waals surface area (Å²) < 4.78 is 26.5. The van der Waals surface area contributed by atoms with Gasteiger partial charge in [-0.15, -0.1) is 11.3 Å². The van der Waals surface area contributed by atoms with Gasteiger partial charge in [-0.25, -0.2) is 8.42 Å². The fraction of sp³-hybridized carbons (Fsp3) is 0.615. The van der Waals surface area contributed by atoms with Crippen LogP contribution < -0.4 is 0 Å². The summed E-state index contributed by atoms with van der Waals surface area (Å²) in [4.78, 5) is 11.5. The van der Waals surface area contributed by atoms with E-state index in [4.69, 9.17) is 0 Å². The van der Waals surface area contributed by atoms with Crippen LogP contribution in [0.4, 0.5) is 0 Å². The van der Waals surface area contributed by atoms with Crippen molar-refractivity contribution in [2.24, 2.45) is 5.41 Å². The van der Waals surface area contributed by atoms with Crippen molar-refractivity contribution in [2.75, 3.05) is 13.1 Å². The summed E-state index contributed by atoms with van der Waals surface area (Å²) in [6.07, 6.45) is 2.18. The highest BCUT2D eigenvalue weighted by atomic mass is 32.2. The van der Waals surface area contributed by atoms with Crippen LogP contribution in [-0.2, 0) is 14.8 Å². The molecule has 1 aliphatic heterocycles. The standard InChI is InChI=1S/C13H19NO4S2/c1-2-5-13(12(15)16)6-8-14(9-7-13)20(17,18)11-4-3-10-19-11/h3-4,10H,2,5-9H2,1H3,(H,15,16). The number of piperidine rings is 1. The molecule has 0 amide bonds. The van der Waals surface area contributed by atoms with Crippen molar-refractivity contribution in [3.63, 3.8) is 0 Å². The van der Waals surface area contributed by atoms with E-state index in [9.17, 15) is 18.3 Å². The van der Waals surface area contributed by atoms with Crippen LogP contribution in [0.25, 0.3) is 0 Å². The van der Waals surface area contributed by atoms with Crippen LogP contribution in [0.5, 0.6) is 0 Å². The average Bonchev–Trinajstić information content (AvgIpc) is 2.94. The molecule has 1 N–H and O–H groups in total. The number of aliphatic carboxylic acids is 1. The van der Waals surface area contributed by atoms with Gasteiger partial charge in [-0.3, -0.25) is 4.79 Å². The van der Waals surface area contributed by atoms with Gasteiger partial charge in [0.15, 0.2) is 0 Å². The molecule has 0 atom stereocenters. The molecule has 1 aromatic heterocycles. The highest BCUT2D eigenvalue weighted by Crippen LogP contribution is 2.38. The first-order valence-electron chi connectivity index (χ1n) is 6.69. The van der Waals surface area contributed by atoms with Gasteiger partial charge in [-0.05, 0) is 30.7 Å². The molecule has 7 heteroatoms. The predicted molar refractivity (Wildman–Crippen MR) is 77.3 cm³/mol. The molecule has 1 aliphatic rings. The molecule has 0 spiro atoms. The third kappa shape index (κ3) is 2.75. The Hall–Kier alpha value is -0.920. The number of carboxylic acid groups (broad SMARTS) is 1. The van der Waals surface area contributed by atoms with Gasteiger partial charge < -0.3 is 5.11 Å². The highest BCUT2D eigenvalue weighted by Gasteiger charge is 2.43. The summed E-state index contributed by atoms with van der Waals surface area (Å²) in [5, 5.41) is 11.2. The normalized spacial score (nSPS) is 19.9. The van der Waals surface area contributed by atoms with E-state index in [1.54, 1.807) is 17.5 Å². The van der Waals surface area contributed by atoms with Crippen LogP contribution in [0.2, 0.25) is 0 Å². The zero-order chi connectivity index (χ0) is 14.8. The van der Waals surface area contributed by atoms with Gasteiger partial charge in [0.2, 0.25) is 0 Å². The van der Waals surface area contributed by atoms with Gasteiger partial charge in [0.25, 0.3) is 10.0 Å². The van der Waals surface area contributed by atoms with Crippen LogP contribution in [-0.4, -0.2) is 36.9 Å². The van der Waals surface area contributed by atoms with Gasteiger partial charge in [-0.2, -0.15) is 4.31 Å². The Morgan fingerprint density at radius 2 is 2.10 bits per heavy atom. The number of nitrogens with zero attached hydrogens (tertiary/aromatic N) is 1. The molecular weight excluding hydrogens is 298 g/mol. The van der Waals surface area contributed by atoms with Crippen LogP contribution in [0.3, 0.4) is 0 Å². The van der Waals surface area contributed by atoms with Crippen LogP contribution >= 0.6 is 11.3 Å². The number of hydrogen-bond acceptors (Lipinski definition) is 4. The fourth-order valence-corrected chi connectivity index (χ4v) is 5.33. The first-order valence-corrected chi connectivity index (χ1v) is 9.01. The van der Waals surface area contributed by atoms with Crippen molar-refractivity contribution in [3.05, 3.63) is 17.5 Å². The second kappa shape index (κ2) is 5.83. The third-order valence-electron chi connectivity index (χ3n) is 3.95. The van der Waals surface area contributed by atoms with E-state index >= 15 is 0 Å². The predicted octanol–water partition coefficient (Wildman–Crippen LogP) is 2.40. The van der Waals surface area contributed by atoms with Gasteiger partial charge in [-0.1, -0.05) is 19.4 Å². The Morgan fingerprint density at radius 1 is 1.45 bits per heavy atom. The summed E-state index contributed by atoms with van der Waals surface area (Å²) in [5.41, 5.74) is -0.754. The second-order valence-electron chi connectivity index (χ2n) is 5.17. The number of carboxylic acids is 1. The largest absolute Gasteiger partial charge is 0.481 e. The topological polar surface area (TPSA) is 74.7 Å². The molecule has 1 saturated heterocycles. The Morgan fingerprint density at radius 3 is 2.55 bits per heavy atom. The van der Waals surface area contributed by atoms with Crippen molar-refractivity contribution in [1.82, 2.24) is 4.31 Å². The minimum atomic E-state index is -3.45. The quantitative estimate of drug-likeness (QED) is 0.905. The Labute approximate surface area is 123 Å². The number of rotatable bonds is 5. The molecule has 0 aromatic carbocycles. The Kier molecular flexibility index (Phi) is 4.51. The minimum Gasteiger partial charge on any atom is -0.481 e. The summed E-state index contributed by atoms with van der Waals surface area (Å²) in [6.45, 7) is 2.53. The molecule has 0 aliphatic carbocycles. The highest BCUT2D eigenvalue weighted by molar-refractivity contribution is 7.91. The molecule has 1 aromatic rings. The lowest BCUT2D eigenvalue weighted by atomic mass is 9.75. The van der Waals surface area contributed by atoms with Gasteiger partial charge in [0.1, 0.15) is 4.21 Å². The van der Waals surface area contributed by atoms with Gasteiger partial charge >= 0.3 is 5.97 Å². The lowest BCUT2D eigenvalue weighted by molar-refractivity contribution is -0.152. The van der Waals surface area contributed by atoms with Crippen molar-refractivity contribution in [1.29, 1.82) is 0 Å². The van der Waals surface area contributed by atoms with Gasteiger partial charge in [0.05, 0.1) is 5.41 Å². The van der Waals surface area contributed by atoms with Crippen molar-refractivity contribution in [3.8, 4) is 0 Å². The van der Waals surface area contributed by atoms with Crippen LogP contribution in [0.15, 0.2) is 21.7 Å². The van der Waals surface area contributed by atoms with E-state index in [0.717, 1.165) is 6.42 Å². The van der Waals surface area contributed by atoms with Crippen molar-refractivity contribution >= 4 is 27.3 Å². The smallest absolute Gasteiger partial charge is 0.309 e. The number of carbonyl (C=O) groups is 1. The molecule has 2 rings (SSSR count). The van der Waals surface area contributed by atoms with E-state index in [1.165, 1.54) is 15.6 Å². The molecule has 20 heavy (non-hydrogen) atoms. The fourth-order valence-electron chi connectivity index (χ4n) is 2.74. The molecule has 2 heterocycles. The van der Waals surface area contributed by atoms with E-state index in [1.807, 2.05) is 6.92 Å². The lowest BCUT2D eigenvalue weighted by Gasteiger charge is -2.37. The number of hydrogen-bond donors (Lipinski definition) is 1. The van der Waals surface area contributed by atoms with E-state index < -0.39 is 21.4 Å². The minimum absolute atomic E-state index is 0.284. The maximum atomic E-state index is 12.4. The zero-order valence-corrected chi connectivity index (χ0v) is 13.0. The van der Waals surface area contributed by atoms with Crippen LogP contribution in [0.1, 0.15) is 32.6 Å². The maximum absolute atomic E-state index is 12.4. The molecule has 0 bridgehead atoms. The first kappa shape index (κ1) is 15.5. The molecule has 1 fully saturated rings. The molecule has 0 saturated carbocycles. The van der Waals surface area contributed by atoms with E-state index in [0.29, 0.717) is 23.5 Å². The number of thiophene rings is 1. The van der Waals surface area contributed by atoms with Crippen molar-refractivity contribution in [2.45, 2.75) is 36.8 Å². The summed E-state index contributed by atoms with van der Waals surface area (Å²) in [7, 11) is -3.45. The van der Waals surface area contributed by atoms with Crippen molar-refractivity contribution < 1.29 is 18.3 Å². The molecule has 112 valence electrons. The molecule has 0 radical (unpaired) electrons. The molecule has 5 nitrogen and oxygen atoms in total. The third-order valence-corrected chi connectivity index (χ3v) is 7.22. The average molecular weight is 317 g/mol. The first-order chi connectivity index (χ1) is 9.42. The molecule has 0 unspecified atom stereocenters.